The molecular weight excluding hydrogens is 514 g/mol. The predicted molar refractivity (Wildman–Crippen MR) is 130 cm³/mol. The summed E-state index contributed by atoms with van der Waals surface area (Å²) in [5.41, 5.74) is 5.41. The Kier molecular flexibility index (Phi) is 8.71. The number of aromatic nitrogens is 1. The summed E-state index contributed by atoms with van der Waals surface area (Å²) in [6, 6.07) is 5.53. The van der Waals surface area contributed by atoms with Crippen molar-refractivity contribution >= 4 is 43.4 Å². The number of benzene rings is 1. The molecule has 1 aliphatic heterocycles. The molecule has 1 amide bonds. The summed E-state index contributed by atoms with van der Waals surface area (Å²) in [6.45, 7) is 4.71. The van der Waals surface area contributed by atoms with Crippen LogP contribution < -0.4 is 5.73 Å². The first kappa shape index (κ1) is 25.1. The van der Waals surface area contributed by atoms with E-state index in [1.54, 1.807) is 35.6 Å². The number of halogens is 1. The van der Waals surface area contributed by atoms with Crippen molar-refractivity contribution in [2.45, 2.75) is 69.3 Å². The van der Waals surface area contributed by atoms with Crippen molar-refractivity contribution in [1.29, 1.82) is 0 Å². The van der Waals surface area contributed by atoms with E-state index >= 15 is 0 Å². The van der Waals surface area contributed by atoms with Gasteiger partial charge in [0.25, 0.3) is 0 Å². The van der Waals surface area contributed by atoms with E-state index in [-0.39, 0.29) is 6.10 Å². The summed E-state index contributed by atoms with van der Waals surface area (Å²) in [6.07, 6.45) is 8.24. The SMILES string of the molecule is CC(C)OC(N)=O.O=S(=O)(c1cc(Br)ccc1-c1cnc(C2CCCCC2)s1)N1CCC1. The van der Waals surface area contributed by atoms with Crippen LogP contribution in [0.1, 0.15) is 63.3 Å². The molecule has 1 saturated carbocycles. The fraction of sp³-hybridized carbons (Fsp3) is 0.545. The number of rotatable bonds is 5. The molecule has 7 nitrogen and oxygen atoms in total. The third kappa shape index (κ3) is 6.30. The molecule has 0 bridgehead atoms. The first-order chi connectivity index (χ1) is 15.2. The molecule has 176 valence electrons. The van der Waals surface area contributed by atoms with E-state index in [1.807, 2.05) is 18.3 Å². The lowest BCUT2D eigenvalue weighted by Gasteiger charge is -2.30. The molecule has 0 radical (unpaired) electrons. The van der Waals surface area contributed by atoms with Gasteiger partial charge in [0, 0.05) is 35.2 Å². The van der Waals surface area contributed by atoms with Crippen LogP contribution in [0.4, 0.5) is 4.79 Å². The highest BCUT2D eigenvalue weighted by Crippen LogP contribution is 2.40. The summed E-state index contributed by atoms with van der Waals surface area (Å²) >= 11 is 5.08. The number of nitrogens with two attached hydrogens (primary N) is 1. The van der Waals surface area contributed by atoms with E-state index in [0.717, 1.165) is 26.3 Å². The second-order valence-electron chi connectivity index (χ2n) is 8.28. The molecule has 0 unspecified atom stereocenters. The number of nitrogens with zero attached hydrogens (tertiary/aromatic N) is 2. The van der Waals surface area contributed by atoms with E-state index in [9.17, 15) is 13.2 Å². The highest BCUT2D eigenvalue weighted by Gasteiger charge is 2.32. The summed E-state index contributed by atoms with van der Waals surface area (Å²) in [5, 5.41) is 1.16. The largest absolute Gasteiger partial charge is 0.447 e. The molecule has 2 heterocycles. The van der Waals surface area contributed by atoms with Gasteiger partial charge in [0.15, 0.2) is 0 Å². The highest BCUT2D eigenvalue weighted by molar-refractivity contribution is 9.10. The van der Waals surface area contributed by atoms with Crippen molar-refractivity contribution in [3.63, 3.8) is 0 Å². The maximum absolute atomic E-state index is 13.0. The number of carbonyl (C=O) groups is 1. The lowest BCUT2D eigenvalue weighted by Crippen LogP contribution is -2.42. The van der Waals surface area contributed by atoms with Crippen LogP contribution in [0.15, 0.2) is 33.8 Å². The third-order valence-electron chi connectivity index (χ3n) is 5.47. The topological polar surface area (TPSA) is 103 Å². The van der Waals surface area contributed by atoms with Gasteiger partial charge >= 0.3 is 6.09 Å². The van der Waals surface area contributed by atoms with E-state index in [1.165, 1.54) is 32.1 Å². The molecule has 4 rings (SSSR count). The monoisotopic (exact) mass is 543 g/mol. The van der Waals surface area contributed by atoms with E-state index < -0.39 is 16.1 Å². The number of primary amides is 1. The van der Waals surface area contributed by atoms with Crippen molar-refractivity contribution in [2.24, 2.45) is 5.73 Å². The highest BCUT2D eigenvalue weighted by atomic mass is 79.9. The average molecular weight is 545 g/mol. The zero-order valence-corrected chi connectivity index (χ0v) is 21.6. The third-order valence-corrected chi connectivity index (χ3v) is 9.10. The number of hydrogen-bond acceptors (Lipinski definition) is 6. The molecular formula is C22H30BrN3O4S2. The molecule has 2 aromatic rings. The van der Waals surface area contributed by atoms with Gasteiger partial charge in [0.1, 0.15) is 0 Å². The second kappa shape index (κ2) is 11.1. The molecule has 2 aliphatic rings. The molecule has 0 atom stereocenters. The van der Waals surface area contributed by atoms with Crippen LogP contribution in [0.5, 0.6) is 0 Å². The molecule has 1 aromatic carbocycles. The Hall–Kier alpha value is -1.49. The van der Waals surface area contributed by atoms with Crippen LogP contribution in [-0.2, 0) is 14.8 Å². The Labute approximate surface area is 202 Å². The fourth-order valence-corrected chi connectivity index (χ4v) is 7.22. The lowest BCUT2D eigenvalue weighted by molar-refractivity contribution is 0.125. The fourth-order valence-electron chi connectivity index (χ4n) is 3.76. The molecule has 1 aromatic heterocycles. The van der Waals surface area contributed by atoms with Gasteiger partial charge in [0.2, 0.25) is 10.0 Å². The molecule has 32 heavy (non-hydrogen) atoms. The maximum atomic E-state index is 13.0. The van der Waals surface area contributed by atoms with Gasteiger partial charge in [-0.2, -0.15) is 4.31 Å². The Balaban J connectivity index is 0.000000360. The summed E-state index contributed by atoms with van der Waals surface area (Å²) in [7, 11) is -3.44. The maximum Gasteiger partial charge on any atom is 0.404 e. The van der Waals surface area contributed by atoms with Crippen molar-refractivity contribution in [3.05, 3.63) is 33.9 Å². The molecule has 0 spiro atoms. The van der Waals surface area contributed by atoms with Crippen LogP contribution in [0.3, 0.4) is 0 Å². The van der Waals surface area contributed by atoms with Gasteiger partial charge in [0.05, 0.1) is 20.9 Å². The van der Waals surface area contributed by atoms with Crippen LogP contribution in [0.2, 0.25) is 0 Å². The lowest BCUT2D eigenvalue weighted by atomic mass is 9.90. The van der Waals surface area contributed by atoms with E-state index in [4.69, 9.17) is 0 Å². The minimum atomic E-state index is -3.44. The van der Waals surface area contributed by atoms with Crippen LogP contribution in [0, 0.1) is 0 Å². The minimum Gasteiger partial charge on any atom is -0.447 e. The zero-order chi connectivity index (χ0) is 23.3. The van der Waals surface area contributed by atoms with Crippen LogP contribution in [-0.4, -0.2) is 43.0 Å². The number of ether oxygens (including phenoxy) is 1. The van der Waals surface area contributed by atoms with Gasteiger partial charge in [-0.25, -0.2) is 18.2 Å². The molecule has 1 saturated heterocycles. The molecule has 10 heteroatoms. The Morgan fingerprint density at radius 3 is 2.44 bits per heavy atom. The first-order valence-corrected chi connectivity index (χ1v) is 14.0. The van der Waals surface area contributed by atoms with Crippen LogP contribution >= 0.6 is 27.3 Å². The standard InChI is InChI=1S/C18H21BrN2O2S2.C4H9NO2/c19-14-7-8-15(17(11-14)25(22,23)21-9-4-10-21)16-12-20-18(24-16)13-5-2-1-3-6-13;1-3(2)7-4(5)6/h7-8,11-13H,1-6,9-10H2;3H,1-2H3,(H2,5,6). The summed E-state index contributed by atoms with van der Waals surface area (Å²) < 4.78 is 32.6. The molecule has 1 aliphatic carbocycles. The average Bonchev–Trinajstić information content (AvgIpc) is 3.16. The zero-order valence-electron chi connectivity index (χ0n) is 18.4. The number of amides is 1. The van der Waals surface area contributed by atoms with Gasteiger partial charge in [-0.1, -0.05) is 41.3 Å². The molecule has 2 fully saturated rings. The molecule has 2 N–H and O–H groups in total. The number of sulfonamides is 1. The first-order valence-electron chi connectivity index (χ1n) is 10.9. The van der Waals surface area contributed by atoms with Gasteiger partial charge in [-0.15, -0.1) is 11.3 Å². The number of hydrogen-bond donors (Lipinski definition) is 1. The Morgan fingerprint density at radius 1 is 1.22 bits per heavy atom. The van der Waals surface area contributed by atoms with Crippen molar-refractivity contribution < 1.29 is 17.9 Å². The minimum absolute atomic E-state index is 0.0995. The normalized spacial score (nSPS) is 17.4. The van der Waals surface area contributed by atoms with Gasteiger partial charge < -0.3 is 10.5 Å². The summed E-state index contributed by atoms with van der Waals surface area (Å²) in [4.78, 5) is 15.8. The quantitative estimate of drug-likeness (QED) is 0.535. The van der Waals surface area contributed by atoms with E-state index in [0.29, 0.717) is 23.9 Å². The number of thiazole rings is 1. The second-order valence-corrected chi connectivity index (χ2v) is 12.2. The van der Waals surface area contributed by atoms with Gasteiger partial charge in [-0.3, -0.25) is 0 Å². The van der Waals surface area contributed by atoms with Crippen molar-refractivity contribution in [3.8, 4) is 10.4 Å². The van der Waals surface area contributed by atoms with Gasteiger partial charge in [-0.05, 0) is 45.2 Å². The predicted octanol–water partition coefficient (Wildman–Crippen LogP) is 5.50. The van der Waals surface area contributed by atoms with E-state index in [2.05, 4.69) is 31.4 Å². The smallest absolute Gasteiger partial charge is 0.404 e. The van der Waals surface area contributed by atoms with Crippen LogP contribution in [0.25, 0.3) is 10.4 Å². The van der Waals surface area contributed by atoms with Crippen molar-refractivity contribution in [2.75, 3.05) is 13.1 Å². The summed E-state index contributed by atoms with van der Waals surface area (Å²) in [5.74, 6) is 0.540. The number of carbonyl (C=O) groups excluding carboxylic acids is 1. The Morgan fingerprint density at radius 2 is 1.91 bits per heavy atom. The van der Waals surface area contributed by atoms with Crippen molar-refractivity contribution in [1.82, 2.24) is 9.29 Å². The Bertz CT molecular complexity index is 1030.